The van der Waals surface area contributed by atoms with Crippen LogP contribution in [0.25, 0.3) is 0 Å². The highest BCUT2D eigenvalue weighted by molar-refractivity contribution is 7.89. The lowest BCUT2D eigenvalue weighted by atomic mass is 9.98. The van der Waals surface area contributed by atoms with Gasteiger partial charge in [-0.1, -0.05) is 17.7 Å². The van der Waals surface area contributed by atoms with Crippen LogP contribution in [0.5, 0.6) is 0 Å². The van der Waals surface area contributed by atoms with E-state index in [0.29, 0.717) is 18.0 Å². The van der Waals surface area contributed by atoms with Crippen molar-refractivity contribution in [3.63, 3.8) is 0 Å². The maximum atomic E-state index is 12.9. The van der Waals surface area contributed by atoms with E-state index < -0.39 is 10.0 Å². The number of rotatable bonds is 4. The van der Waals surface area contributed by atoms with E-state index >= 15 is 0 Å². The minimum absolute atomic E-state index is 0.129. The number of aryl methyl sites for hydroxylation is 1. The van der Waals surface area contributed by atoms with Gasteiger partial charge in [-0.3, -0.25) is 4.79 Å². The molecule has 1 aromatic carbocycles. The molecule has 2 heterocycles. The van der Waals surface area contributed by atoms with Gasteiger partial charge in [-0.05, 0) is 38.8 Å². The number of sulfonamides is 1. The van der Waals surface area contributed by atoms with Crippen LogP contribution in [-0.4, -0.2) is 69.3 Å². The Balaban J connectivity index is 1.67. The molecule has 2 fully saturated rings. The summed E-state index contributed by atoms with van der Waals surface area (Å²) >= 11 is 0. The second-order valence-corrected chi connectivity index (χ2v) is 9.38. The molecule has 144 valence electrons. The van der Waals surface area contributed by atoms with Crippen molar-refractivity contribution in [1.82, 2.24) is 9.21 Å². The first-order valence-corrected chi connectivity index (χ1v) is 11.0. The van der Waals surface area contributed by atoms with Gasteiger partial charge in [0.1, 0.15) is 0 Å². The van der Waals surface area contributed by atoms with E-state index in [1.54, 1.807) is 12.1 Å². The fraction of sp³-hybridized carbons (Fsp3) is 0.632. The molecule has 2 aliphatic heterocycles. The van der Waals surface area contributed by atoms with Gasteiger partial charge in [0, 0.05) is 13.1 Å². The van der Waals surface area contributed by atoms with Crippen LogP contribution in [-0.2, 0) is 14.8 Å². The highest BCUT2D eigenvalue weighted by Crippen LogP contribution is 2.25. The second kappa shape index (κ2) is 8.06. The van der Waals surface area contributed by atoms with Crippen molar-refractivity contribution in [3.05, 3.63) is 29.8 Å². The molecule has 2 aliphatic rings. The van der Waals surface area contributed by atoms with Gasteiger partial charge in [-0.2, -0.15) is 4.31 Å². The number of amides is 1. The standard InChI is InChI=1S/C19H29N3O3S/c1-3-20-11-13-21(14-12-20)19(23)17-5-4-10-22(15-17)26(24,25)18-8-6-16(2)7-9-18/h6-9,17H,3-5,10-15H2,1-2H3/p+1/t17-/m1/s1. The zero-order valence-electron chi connectivity index (χ0n) is 15.8. The van der Waals surface area contributed by atoms with Crippen LogP contribution in [0.2, 0.25) is 0 Å². The van der Waals surface area contributed by atoms with Crippen molar-refractivity contribution in [3.8, 4) is 0 Å². The van der Waals surface area contributed by atoms with Gasteiger partial charge in [0.05, 0.1) is 43.5 Å². The quantitative estimate of drug-likeness (QED) is 0.809. The van der Waals surface area contributed by atoms with Crippen molar-refractivity contribution in [2.24, 2.45) is 5.92 Å². The zero-order chi connectivity index (χ0) is 18.7. The molecule has 7 heteroatoms. The van der Waals surface area contributed by atoms with E-state index in [-0.39, 0.29) is 11.8 Å². The first-order chi connectivity index (χ1) is 12.4. The van der Waals surface area contributed by atoms with Gasteiger partial charge < -0.3 is 9.80 Å². The third kappa shape index (κ3) is 4.10. The lowest BCUT2D eigenvalue weighted by Crippen LogP contribution is -3.14. The highest BCUT2D eigenvalue weighted by Gasteiger charge is 2.36. The average Bonchev–Trinajstić information content (AvgIpc) is 2.68. The number of nitrogens with one attached hydrogen (secondary N) is 1. The van der Waals surface area contributed by atoms with E-state index in [1.165, 1.54) is 9.21 Å². The van der Waals surface area contributed by atoms with Crippen LogP contribution in [0.1, 0.15) is 25.3 Å². The monoisotopic (exact) mass is 380 g/mol. The smallest absolute Gasteiger partial charge is 0.243 e. The van der Waals surface area contributed by atoms with Crippen LogP contribution in [0, 0.1) is 12.8 Å². The molecule has 2 saturated heterocycles. The van der Waals surface area contributed by atoms with Gasteiger partial charge in [-0.15, -0.1) is 0 Å². The van der Waals surface area contributed by atoms with E-state index in [9.17, 15) is 13.2 Å². The predicted molar refractivity (Wildman–Crippen MR) is 100 cm³/mol. The Labute approximate surface area is 156 Å². The summed E-state index contributed by atoms with van der Waals surface area (Å²) in [4.78, 5) is 16.7. The van der Waals surface area contributed by atoms with Crippen molar-refractivity contribution in [2.75, 3.05) is 45.8 Å². The minimum Gasteiger partial charge on any atom is -0.332 e. The van der Waals surface area contributed by atoms with Crippen LogP contribution in [0.15, 0.2) is 29.2 Å². The molecule has 0 bridgehead atoms. The second-order valence-electron chi connectivity index (χ2n) is 7.44. The van der Waals surface area contributed by atoms with Crippen molar-refractivity contribution >= 4 is 15.9 Å². The van der Waals surface area contributed by atoms with Gasteiger partial charge in [0.2, 0.25) is 15.9 Å². The fourth-order valence-electron chi connectivity index (χ4n) is 3.88. The van der Waals surface area contributed by atoms with E-state index in [2.05, 4.69) is 6.92 Å². The number of carbonyl (C=O) groups excluding carboxylic acids is 1. The summed E-state index contributed by atoms with van der Waals surface area (Å²) in [6, 6.07) is 6.94. The number of nitrogens with zero attached hydrogens (tertiary/aromatic N) is 2. The summed E-state index contributed by atoms with van der Waals surface area (Å²) in [5, 5.41) is 0. The lowest BCUT2D eigenvalue weighted by Gasteiger charge is -2.37. The molecule has 3 rings (SSSR count). The zero-order valence-corrected chi connectivity index (χ0v) is 16.6. The van der Waals surface area contributed by atoms with E-state index in [0.717, 1.165) is 51.1 Å². The van der Waals surface area contributed by atoms with Crippen LogP contribution in [0.4, 0.5) is 0 Å². The molecule has 1 amide bonds. The number of benzene rings is 1. The molecule has 0 unspecified atom stereocenters. The van der Waals surface area contributed by atoms with Gasteiger partial charge in [0.15, 0.2) is 0 Å². The average molecular weight is 381 g/mol. The number of hydrogen-bond donors (Lipinski definition) is 1. The first-order valence-electron chi connectivity index (χ1n) is 9.61. The third-order valence-corrected chi connectivity index (χ3v) is 7.55. The number of carbonyl (C=O) groups is 1. The van der Waals surface area contributed by atoms with Gasteiger partial charge >= 0.3 is 0 Å². The molecule has 0 saturated carbocycles. The Morgan fingerprint density at radius 2 is 1.81 bits per heavy atom. The first kappa shape index (κ1) is 19.3. The van der Waals surface area contributed by atoms with Crippen LogP contribution < -0.4 is 4.90 Å². The normalized spacial score (nSPS) is 23.2. The molecular weight excluding hydrogens is 350 g/mol. The largest absolute Gasteiger partial charge is 0.332 e. The summed E-state index contributed by atoms with van der Waals surface area (Å²) < 4.78 is 27.3. The van der Waals surface area contributed by atoms with Crippen molar-refractivity contribution in [2.45, 2.75) is 31.6 Å². The third-order valence-electron chi connectivity index (χ3n) is 5.67. The maximum absolute atomic E-state index is 12.9. The Kier molecular flexibility index (Phi) is 5.99. The number of piperazine rings is 1. The Hall–Kier alpha value is -1.44. The molecule has 0 spiro atoms. The van der Waals surface area contributed by atoms with Crippen LogP contribution >= 0.6 is 0 Å². The summed E-state index contributed by atoms with van der Waals surface area (Å²) in [6.07, 6.45) is 1.52. The molecule has 1 aromatic rings. The SMILES string of the molecule is CC[NH+]1CCN(C(=O)[C@@H]2CCCN(S(=O)(=O)c3ccc(C)cc3)C2)CC1. The Morgan fingerprint density at radius 3 is 2.42 bits per heavy atom. The number of likely N-dealkylation sites (N-methyl/N-ethyl adjacent to an activating group) is 1. The molecular formula is C19H30N3O3S+. The number of piperidine rings is 1. The van der Waals surface area contributed by atoms with Gasteiger partial charge in [-0.25, -0.2) is 8.42 Å². The molecule has 1 atom stereocenters. The van der Waals surface area contributed by atoms with Crippen molar-refractivity contribution < 1.29 is 18.1 Å². The number of hydrogen-bond acceptors (Lipinski definition) is 3. The summed E-state index contributed by atoms with van der Waals surface area (Å²) in [5.74, 6) is -0.0869. The maximum Gasteiger partial charge on any atom is 0.243 e. The van der Waals surface area contributed by atoms with E-state index in [1.807, 2.05) is 24.0 Å². The molecule has 0 aliphatic carbocycles. The Morgan fingerprint density at radius 1 is 1.15 bits per heavy atom. The minimum atomic E-state index is -3.53. The van der Waals surface area contributed by atoms with Crippen molar-refractivity contribution in [1.29, 1.82) is 0 Å². The lowest BCUT2D eigenvalue weighted by molar-refractivity contribution is -0.902. The van der Waals surface area contributed by atoms with Crippen LogP contribution in [0.3, 0.4) is 0 Å². The predicted octanol–water partition coefficient (Wildman–Crippen LogP) is 0.143. The fourth-order valence-corrected chi connectivity index (χ4v) is 5.40. The topological polar surface area (TPSA) is 62.1 Å². The molecule has 26 heavy (non-hydrogen) atoms. The highest BCUT2D eigenvalue weighted by atomic mass is 32.2. The number of quaternary nitrogens is 1. The van der Waals surface area contributed by atoms with Gasteiger partial charge in [0.25, 0.3) is 0 Å². The summed E-state index contributed by atoms with van der Waals surface area (Å²) in [6.45, 7) is 9.53. The van der Waals surface area contributed by atoms with E-state index in [4.69, 9.17) is 0 Å². The molecule has 6 nitrogen and oxygen atoms in total. The summed E-state index contributed by atoms with van der Waals surface area (Å²) in [5.41, 5.74) is 1.03. The molecule has 0 aromatic heterocycles. The molecule has 0 radical (unpaired) electrons. The molecule has 1 N–H and O–H groups in total. The Bertz CT molecular complexity index is 725. The summed E-state index contributed by atoms with van der Waals surface area (Å²) in [7, 11) is -3.53.